The van der Waals surface area contributed by atoms with E-state index in [1.807, 2.05) is 26.0 Å². The molecule has 1 heterocycles. The van der Waals surface area contributed by atoms with E-state index in [9.17, 15) is 0 Å². The second-order valence-corrected chi connectivity index (χ2v) is 5.38. The van der Waals surface area contributed by atoms with Gasteiger partial charge in [0.1, 0.15) is 5.75 Å². The normalized spacial score (nSPS) is 10.9. The maximum Gasteiger partial charge on any atom is 0.179 e. The molecule has 0 amide bonds. The molecule has 0 saturated carbocycles. The number of rotatable bonds is 2. The third kappa shape index (κ3) is 2.12. The molecular weight excluding hydrogens is 322 g/mol. The van der Waals surface area contributed by atoms with Crippen LogP contribution >= 0.6 is 15.9 Å². The van der Waals surface area contributed by atoms with Gasteiger partial charge in [0, 0.05) is 4.47 Å². The zero-order valence-corrected chi connectivity index (χ0v) is 12.6. The topological polar surface area (TPSA) is 74.2 Å². The Morgan fingerprint density at radius 3 is 2.45 bits per heavy atom. The van der Waals surface area contributed by atoms with Gasteiger partial charge in [-0.3, -0.25) is 0 Å². The van der Waals surface area contributed by atoms with Gasteiger partial charge in [-0.2, -0.15) is 0 Å². The van der Waals surface area contributed by atoms with Gasteiger partial charge in [-0.1, -0.05) is 15.9 Å². The summed E-state index contributed by atoms with van der Waals surface area (Å²) in [6, 6.07) is 7.38. The molecule has 20 heavy (non-hydrogen) atoms. The van der Waals surface area contributed by atoms with Crippen LogP contribution in [0.1, 0.15) is 11.1 Å². The molecule has 102 valence electrons. The third-order valence-corrected chi connectivity index (χ3v) is 4.30. The van der Waals surface area contributed by atoms with Crippen molar-refractivity contribution in [3.8, 4) is 11.5 Å². The lowest BCUT2D eigenvalue weighted by atomic mass is 10.1. The van der Waals surface area contributed by atoms with Crippen LogP contribution < -0.4 is 10.5 Å². The summed E-state index contributed by atoms with van der Waals surface area (Å²) in [5.74, 6) is 1.30. The lowest BCUT2D eigenvalue weighted by molar-refractivity contribution is 0.314. The van der Waals surface area contributed by atoms with Gasteiger partial charge >= 0.3 is 0 Å². The van der Waals surface area contributed by atoms with E-state index in [-0.39, 0.29) is 0 Å². The summed E-state index contributed by atoms with van der Waals surface area (Å²) in [6.07, 6.45) is 0. The number of halogens is 1. The number of nitrogens with zero attached hydrogens (tertiary/aromatic N) is 2. The quantitative estimate of drug-likeness (QED) is 0.718. The maximum absolute atomic E-state index is 5.88. The average molecular weight is 334 g/mol. The molecule has 2 N–H and O–H groups in total. The van der Waals surface area contributed by atoms with Crippen molar-refractivity contribution in [3.63, 3.8) is 0 Å². The molecule has 2 aromatic carbocycles. The second-order valence-electron chi connectivity index (χ2n) is 4.59. The molecule has 0 radical (unpaired) electrons. The molecule has 6 heteroatoms. The molecule has 1 aromatic heterocycles. The Morgan fingerprint density at radius 1 is 1.10 bits per heavy atom. The first-order valence-electron chi connectivity index (χ1n) is 6.01. The van der Waals surface area contributed by atoms with Crippen molar-refractivity contribution in [2.45, 2.75) is 13.8 Å². The number of nitrogen functional groups attached to an aromatic ring is 1. The van der Waals surface area contributed by atoms with Crippen molar-refractivity contribution in [2.24, 2.45) is 0 Å². The molecule has 0 aliphatic carbocycles. The van der Waals surface area contributed by atoms with Crippen LogP contribution in [0.2, 0.25) is 0 Å². The Kier molecular flexibility index (Phi) is 3.10. The molecule has 0 atom stereocenters. The Labute approximate surface area is 123 Å². The van der Waals surface area contributed by atoms with Crippen LogP contribution in [0.15, 0.2) is 33.4 Å². The Bertz CT molecular complexity index is 775. The Balaban J connectivity index is 2.06. The molecule has 0 bridgehead atoms. The smallest absolute Gasteiger partial charge is 0.179 e. The van der Waals surface area contributed by atoms with E-state index in [0.29, 0.717) is 22.5 Å². The van der Waals surface area contributed by atoms with Crippen LogP contribution in [-0.4, -0.2) is 10.3 Å². The lowest BCUT2D eigenvalue weighted by Crippen LogP contribution is -1.92. The van der Waals surface area contributed by atoms with Crippen molar-refractivity contribution in [1.82, 2.24) is 10.3 Å². The van der Waals surface area contributed by atoms with Crippen molar-refractivity contribution in [2.75, 3.05) is 5.73 Å². The molecule has 0 unspecified atom stereocenters. The molecular formula is C14H12BrN3O2. The van der Waals surface area contributed by atoms with E-state index in [1.165, 1.54) is 0 Å². The SMILES string of the molecule is Cc1cc(Oc2ccc(N)c3nonc23)cc(C)c1Br. The van der Waals surface area contributed by atoms with Gasteiger partial charge in [0.2, 0.25) is 0 Å². The third-order valence-electron chi connectivity index (χ3n) is 3.05. The van der Waals surface area contributed by atoms with Gasteiger partial charge in [-0.25, -0.2) is 4.63 Å². The first-order chi connectivity index (χ1) is 9.56. The highest BCUT2D eigenvalue weighted by atomic mass is 79.9. The van der Waals surface area contributed by atoms with Crippen LogP contribution in [0.4, 0.5) is 5.69 Å². The van der Waals surface area contributed by atoms with E-state index in [1.54, 1.807) is 12.1 Å². The summed E-state index contributed by atoms with van der Waals surface area (Å²) in [5.41, 5.74) is 9.55. The number of hydrogen-bond acceptors (Lipinski definition) is 5. The standard InChI is InChI=1S/C14H12BrN3O2/c1-7-5-9(6-8(2)12(7)15)19-11-4-3-10(16)13-14(11)18-20-17-13/h3-6H,16H2,1-2H3. The van der Waals surface area contributed by atoms with Crippen molar-refractivity contribution < 1.29 is 9.37 Å². The van der Waals surface area contributed by atoms with Crippen LogP contribution in [0.5, 0.6) is 11.5 Å². The van der Waals surface area contributed by atoms with Crippen LogP contribution in [0.3, 0.4) is 0 Å². The van der Waals surface area contributed by atoms with Gasteiger partial charge < -0.3 is 10.5 Å². The highest BCUT2D eigenvalue weighted by Crippen LogP contribution is 2.33. The predicted molar refractivity (Wildman–Crippen MR) is 79.9 cm³/mol. The first kappa shape index (κ1) is 12.9. The molecule has 0 aliphatic rings. The summed E-state index contributed by atoms with van der Waals surface area (Å²) >= 11 is 3.53. The van der Waals surface area contributed by atoms with Crippen molar-refractivity contribution in [3.05, 3.63) is 39.9 Å². The molecule has 5 nitrogen and oxygen atoms in total. The minimum atomic E-state index is 0.507. The van der Waals surface area contributed by atoms with Gasteiger partial charge in [0.15, 0.2) is 16.8 Å². The zero-order valence-electron chi connectivity index (χ0n) is 11.0. The summed E-state index contributed by atoms with van der Waals surface area (Å²) in [6.45, 7) is 4.03. The minimum Gasteiger partial charge on any atom is -0.455 e. The lowest BCUT2D eigenvalue weighted by Gasteiger charge is -2.10. The average Bonchev–Trinajstić information content (AvgIpc) is 2.89. The van der Waals surface area contributed by atoms with E-state index in [2.05, 4.69) is 26.2 Å². The van der Waals surface area contributed by atoms with Gasteiger partial charge in [-0.05, 0) is 59.6 Å². The largest absolute Gasteiger partial charge is 0.455 e. The molecule has 0 fully saturated rings. The monoisotopic (exact) mass is 333 g/mol. The van der Waals surface area contributed by atoms with E-state index < -0.39 is 0 Å². The minimum absolute atomic E-state index is 0.507. The highest BCUT2D eigenvalue weighted by molar-refractivity contribution is 9.10. The van der Waals surface area contributed by atoms with Crippen molar-refractivity contribution >= 4 is 32.7 Å². The summed E-state index contributed by atoms with van der Waals surface area (Å²) in [7, 11) is 0. The van der Waals surface area contributed by atoms with Gasteiger partial charge in [0.05, 0.1) is 5.69 Å². The fraction of sp³-hybridized carbons (Fsp3) is 0.143. The fourth-order valence-electron chi connectivity index (χ4n) is 2.04. The van der Waals surface area contributed by atoms with Crippen LogP contribution in [-0.2, 0) is 0 Å². The molecule has 0 aliphatic heterocycles. The van der Waals surface area contributed by atoms with E-state index in [4.69, 9.17) is 15.1 Å². The van der Waals surface area contributed by atoms with Crippen LogP contribution in [0.25, 0.3) is 11.0 Å². The number of anilines is 1. The predicted octanol–water partition coefficient (Wildman–Crippen LogP) is 3.98. The van der Waals surface area contributed by atoms with Crippen LogP contribution in [0, 0.1) is 13.8 Å². The summed E-state index contributed by atoms with van der Waals surface area (Å²) < 4.78 is 11.7. The number of ether oxygens (including phenoxy) is 1. The van der Waals surface area contributed by atoms with Gasteiger partial charge in [0.25, 0.3) is 0 Å². The first-order valence-corrected chi connectivity index (χ1v) is 6.81. The second kappa shape index (κ2) is 4.79. The van der Waals surface area contributed by atoms with E-state index >= 15 is 0 Å². The number of aromatic nitrogens is 2. The molecule has 3 aromatic rings. The molecule has 0 spiro atoms. The summed E-state index contributed by atoms with van der Waals surface area (Å²) in [5, 5.41) is 7.61. The summed E-state index contributed by atoms with van der Waals surface area (Å²) in [4.78, 5) is 0. The van der Waals surface area contributed by atoms with Gasteiger partial charge in [-0.15, -0.1) is 0 Å². The van der Waals surface area contributed by atoms with E-state index in [0.717, 1.165) is 21.3 Å². The van der Waals surface area contributed by atoms with Crippen molar-refractivity contribution in [1.29, 1.82) is 0 Å². The number of hydrogen-bond donors (Lipinski definition) is 1. The maximum atomic E-state index is 5.88. The number of fused-ring (bicyclic) bond motifs is 1. The number of benzene rings is 2. The Hall–Kier alpha value is -2.08. The number of aryl methyl sites for hydroxylation is 2. The highest BCUT2D eigenvalue weighted by Gasteiger charge is 2.12. The zero-order chi connectivity index (χ0) is 14.3. The number of nitrogens with two attached hydrogens (primary N) is 1. The fourth-order valence-corrected chi connectivity index (χ4v) is 2.27. The molecule has 3 rings (SSSR count). The Morgan fingerprint density at radius 2 is 1.75 bits per heavy atom. The molecule has 0 saturated heterocycles.